The van der Waals surface area contributed by atoms with Crippen LogP contribution in [0.5, 0.6) is 0 Å². The van der Waals surface area contributed by atoms with Gasteiger partial charge in [-0.15, -0.1) is 0 Å². The van der Waals surface area contributed by atoms with Crippen molar-refractivity contribution >= 4 is 11.6 Å². The van der Waals surface area contributed by atoms with E-state index in [9.17, 15) is 0 Å². The normalized spacial score (nSPS) is 12.8. The van der Waals surface area contributed by atoms with E-state index >= 15 is 0 Å². The van der Waals surface area contributed by atoms with E-state index in [-0.39, 0.29) is 0 Å². The molecule has 1 rings (SSSR count). The Hall–Kier alpha value is -0.570. The predicted octanol–water partition coefficient (Wildman–Crippen LogP) is 4.50. The van der Waals surface area contributed by atoms with Gasteiger partial charge in [-0.2, -0.15) is 0 Å². The molecule has 2 nitrogen and oxygen atoms in total. The highest BCUT2D eigenvalue weighted by atomic mass is 35.5. The molecule has 0 spiro atoms. The number of nitrogens with one attached hydrogen (secondary N) is 1. The molecule has 0 aliphatic rings. The Bertz CT molecular complexity index is 368. The van der Waals surface area contributed by atoms with Crippen LogP contribution >= 0.6 is 11.6 Å². The van der Waals surface area contributed by atoms with Crippen LogP contribution in [0.15, 0.2) is 24.3 Å². The molecule has 1 aromatic rings. The van der Waals surface area contributed by atoms with Crippen molar-refractivity contribution in [2.24, 2.45) is 0 Å². The zero-order valence-corrected chi connectivity index (χ0v) is 13.9. The Labute approximate surface area is 129 Å². The maximum absolute atomic E-state index is 6.26. The largest absolute Gasteiger partial charge is 0.317 e. The molecule has 3 heteroatoms. The van der Waals surface area contributed by atoms with Gasteiger partial charge in [-0.05, 0) is 58.1 Å². The minimum Gasteiger partial charge on any atom is -0.317 e. The summed E-state index contributed by atoms with van der Waals surface area (Å²) in [5, 5.41) is 4.24. The Balaban J connectivity index is 2.22. The third-order valence-electron chi connectivity index (χ3n) is 3.88. The maximum atomic E-state index is 6.26. The van der Waals surface area contributed by atoms with Gasteiger partial charge in [0.2, 0.25) is 0 Å². The highest BCUT2D eigenvalue weighted by molar-refractivity contribution is 6.31. The molecule has 0 radical (unpaired) electrons. The molecule has 1 N–H and O–H groups in total. The molecule has 0 heterocycles. The average molecular weight is 297 g/mol. The lowest BCUT2D eigenvalue weighted by atomic mass is 10.1. The fourth-order valence-electron chi connectivity index (χ4n) is 2.39. The molecule has 0 aromatic heterocycles. The topological polar surface area (TPSA) is 15.3 Å². The smallest absolute Gasteiger partial charge is 0.0453 e. The van der Waals surface area contributed by atoms with Gasteiger partial charge in [0.25, 0.3) is 0 Å². The van der Waals surface area contributed by atoms with Crippen molar-refractivity contribution in [2.75, 3.05) is 26.7 Å². The van der Waals surface area contributed by atoms with Crippen LogP contribution in [0.3, 0.4) is 0 Å². The molecule has 0 saturated heterocycles. The summed E-state index contributed by atoms with van der Waals surface area (Å²) in [7, 11) is 2.19. The summed E-state index contributed by atoms with van der Waals surface area (Å²) in [4.78, 5) is 2.39. The molecule has 1 atom stereocenters. The van der Waals surface area contributed by atoms with Crippen molar-refractivity contribution in [3.63, 3.8) is 0 Å². The van der Waals surface area contributed by atoms with Gasteiger partial charge in [-0.25, -0.2) is 0 Å². The van der Waals surface area contributed by atoms with E-state index < -0.39 is 0 Å². The van der Waals surface area contributed by atoms with Crippen molar-refractivity contribution in [1.82, 2.24) is 10.2 Å². The van der Waals surface area contributed by atoms with Crippen LogP contribution < -0.4 is 5.32 Å². The van der Waals surface area contributed by atoms with Gasteiger partial charge in [0.1, 0.15) is 0 Å². The summed E-state index contributed by atoms with van der Waals surface area (Å²) in [5.74, 6) is 0. The van der Waals surface area contributed by atoms with Crippen LogP contribution in [0.1, 0.15) is 51.1 Å². The van der Waals surface area contributed by atoms with E-state index in [4.69, 9.17) is 11.6 Å². The number of halogens is 1. The summed E-state index contributed by atoms with van der Waals surface area (Å²) < 4.78 is 0. The van der Waals surface area contributed by atoms with Gasteiger partial charge >= 0.3 is 0 Å². The average Bonchev–Trinajstić information content (AvgIpc) is 2.46. The Kier molecular flexibility index (Phi) is 8.92. The van der Waals surface area contributed by atoms with Crippen molar-refractivity contribution in [3.05, 3.63) is 34.9 Å². The summed E-state index contributed by atoms with van der Waals surface area (Å²) in [6.45, 7) is 7.76. The first kappa shape index (κ1) is 17.5. The lowest BCUT2D eigenvalue weighted by molar-refractivity contribution is 0.255. The molecule has 0 fully saturated rings. The fourth-order valence-corrected chi connectivity index (χ4v) is 2.68. The van der Waals surface area contributed by atoms with E-state index in [0.29, 0.717) is 6.04 Å². The van der Waals surface area contributed by atoms with Gasteiger partial charge in [0.15, 0.2) is 0 Å². The maximum Gasteiger partial charge on any atom is 0.0453 e. The van der Waals surface area contributed by atoms with E-state index in [1.807, 2.05) is 12.1 Å². The lowest BCUT2D eigenvalue weighted by Crippen LogP contribution is -2.23. The van der Waals surface area contributed by atoms with Gasteiger partial charge in [-0.1, -0.05) is 49.6 Å². The summed E-state index contributed by atoms with van der Waals surface area (Å²) in [6.07, 6.45) is 5.18. The van der Waals surface area contributed by atoms with Crippen LogP contribution in [-0.2, 0) is 0 Å². The van der Waals surface area contributed by atoms with Crippen molar-refractivity contribution in [3.8, 4) is 0 Å². The Morgan fingerprint density at radius 2 is 1.85 bits per heavy atom. The highest BCUT2D eigenvalue weighted by Crippen LogP contribution is 2.26. The Morgan fingerprint density at radius 3 is 2.55 bits per heavy atom. The fraction of sp³-hybridized carbons (Fsp3) is 0.647. The van der Waals surface area contributed by atoms with E-state index in [1.54, 1.807) is 0 Å². The van der Waals surface area contributed by atoms with E-state index in [0.717, 1.165) is 24.7 Å². The molecule has 1 unspecified atom stereocenters. The third kappa shape index (κ3) is 6.25. The first-order valence-electron chi connectivity index (χ1n) is 7.82. The van der Waals surface area contributed by atoms with Gasteiger partial charge in [0.05, 0.1) is 0 Å². The predicted molar refractivity (Wildman–Crippen MR) is 89.5 cm³/mol. The minimum absolute atomic E-state index is 0.380. The van der Waals surface area contributed by atoms with Crippen LogP contribution in [-0.4, -0.2) is 31.6 Å². The first-order valence-corrected chi connectivity index (χ1v) is 8.20. The molecule has 0 aliphatic heterocycles. The molecule has 20 heavy (non-hydrogen) atoms. The number of unbranched alkanes of at least 4 members (excludes halogenated alkanes) is 3. The number of rotatable bonds is 10. The van der Waals surface area contributed by atoms with Gasteiger partial charge < -0.3 is 5.32 Å². The number of hydrogen-bond acceptors (Lipinski definition) is 2. The molecule has 114 valence electrons. The molecule has 1 aromatic carbocycles. The quantitative estimate of drug-likeness (QED) is 0.639. The first-order chi connectivity index (χ1) is 9.66. The summed E-state index contributed by atoms with van der Waals surface area (Å²) in [5.41, 5.74) is 1.23. The van der Waals surface area contributed by atoms with Crippen molar-refractivity contribution < 1.29 is 0 Å². The van der Waals surface area contributed by atoms with Crippen molar-refractivity contribution in [1.29, 1.82) is 0 Å². The second kappa shape index (κ2) is 10.2. The molecule has 0 aliphatic carbocycles. The Morgan fingerprint density at radius 1 is 1.15 bits per heavy atom. The van der Waals surface area contributed by atoms with Crippen LogP contribution in [0.2, 0.25) is 5.02 Å². The highest BCUT2D eigenvalue weighted by Gasteiger charge is 2.13. The van der Waals surface area contributed by atoms with Crippen LogP contribution in [0.25, 0.3) is 0 Å². The molecule has 0 saturated carbocycles. The lowest BCUT2D eigenvalue weighted by Gasteiger charge is -2.25. The van der Waals surface area contributed by atoms with Gasteiger partial charge in [-0.3, -0.25) is 4.90 Å². The number of hydrogen-bond donors (Lipinski definition) is 1. The van der Waals surface area contributed by atoms with E-state index in [1.165, 1.54) is 31.2 Å². The van der Waals surface area contributed by atoms with Crippen LogP contribution in [0, 0.1) is 0 Å². The molecular formula is C17H29ClN2. The standard InChI is InChI=1S/C17H29ClN2/c1-4-19-13-9-5-6-10-14-20(3)15(2)16-11-7-8-12-17(16)18/h7-8,11-12,15,19H,4-6,9-10,13-14H2,1-3H3. The summed E-state index contributed by atoms with van der Waals surface area (Å²) in [6, 6.07) is 8.53. The monoisotopic (exact) mass is 296 g/mol. The summed E-state index contributed by atoms with van der Waals surface area (Å²) >= 11 is 6.26. The van der Waals surface area contributed by atoms with Crippen molar-refractivity contribution in [2.45, 2.75) is 45.6 Å². The van der Waals surface area contributed by atoms with E-state index in [2.05, 4.69) is 43.2 Å². The zero-order chi connectivity index (χ0) is 14.8. The second-order valence-corrected chi connectivity index (χ2v) is 5.85. The molecule has 0 amide bonds. The number of nitrogens with zero attached hydrogens (tertiary/aromatic N) is 1. The zero-order valence-electron chi connectivity index (χ0n) is 13.2. The SMILES string of the molecule is CCNCCCCCCN(C)C(C)c1ccccc1Cl. The minimum atomic E-state index is 0.380. The molecular weight excluding hydrogens is 268 g/mol. The number of benzene rings is 1. The second-order valence-electron chi connectivity index (χ2n) is 5.45. The van der Waals surface area contributed by atoms with Crippen LogP contribution in [0.4, 0.5) is 0 Å². The van der Waals surface area contributed by atoms with Gasteiger partial charge in [0, 0.05) is 11.1 Å². The third-order valence-corrected chi connectivity index (χ3v) is 4.23. The molecule has 0 bridgehead atoms.